The first-order chi connectivity index (χ1) is 23.0. The minimum atomic E-state index is -4.60. The fourth-order valence-electron chi connectivity index (χ4n) is 6.96. The van der Waals surface area contributed by atoms with Crippen molar-refractivity contribution in [2.75, 3.05) is 19.0 Å². The molecule has 2 aromatic rings. The summed E-state index contributed by atoms with van der Waals surface area (Å²) in [5.74, 6) is -0.0319. The average Bonchev–Trinajstić information content (AvgIpc) is 3.44. The number of quaternary nitrogens is 1. The standard InChI is InChI=1S/C36H48ClF3N4O5/c1-23-10-9-19-44(23,32(45)31(24-11-7-6-8-12-24)43-34(47)49-35(2,3)4)33(46)41-22-26-20-27(37)14-13-25(26)21-30(36(38,39)40)42-28-15-17-29(48-5)18-16-28/h13-18,20,23-24,30-31,42H,6-12,19,21-22H2,1-5H3,(H-,41,43,46,47)/p+1/t23-,30?,31-,44?/m1/s1. The molecule has 1 aliphatic heterocycles. The predicted octanol–water partition coefficient (Wildman–Crippen LogP) is 8.14. The molecule has 270 valence electrons. The maximum absolute atomic E-state index is 14.6. The van der Waals surface area contributed by atoms with Gasteiger partial charge in [-0.1, -0.05) is 36.9 Å². The second-order valence-corrected chi connectivity index (χ2v) is 14.6. The molecular formula is C36H49ClF3N4O5+. The molecule has 1 heterocycles. The van der Waals surface area contributed by atoms with Gasteiger partial charge >= 0.3 is 24.2 Å². The molecule has 0 aromatic heterocycles. The number of urea groups is 1. The maximum atomic E-state index is 14.6. The molecule has 0 bridgehead atoms. The lowest BCUT2D eigenvalue weighted by molar-refractivity contribution is -0.786. The Morgan fingerprint density at radius 2 is 1.63 bits per heavy atom. The van der Waals surface area contributed by atoms with Crippen LogP contribution in [0.2, 0.25) is 5.02 Å². The van der Waals surface area contributed by atoms with E-state index in [9.17, 15) is 27.6 Å². The minimum absolute atomic E-state index is 0.143. The number of amides is 4. The Hall–Kier alpha value is -3.51. The Morgan fingerprint density at radius 1 is 0.959 bits per heavy atom. The maximum Gasteiger partial charge on any atom is 0.424 e. The molecular weight excluding hydrogens is 661 g/mol. The van der Waals surface area contributed by atoms with Crippen molar-refractivity contribution in [2.45, 2.75) is 116 Å². The quantitative estimate of drug-likeness (QED) is 0.215. The van der Waals surface area contributed by atoms with E-state index >= 15 is 0 Å². The topological polar surface area (TPSA) is 106 Å². The van der Waals surface area contributed by atoms with Crippen LogP contribution in [0.25, 0.3) is 0 Å². The van der Waals surface area contributed by atoms with Gasteiger partial charge in [-0.3, -0.25) is 0 Å². The van der Waals surface area contributed by atoms with Gasteiger partial charge in [0.25, 0.3) is 0 Å². The van der Waals surface area contributed by atoms with E-state index in [1.807, 2.05) is 6.92 Å². The molecule has 0 spiro atoms. The van der Waals surface area contributed by atoms with Crippen LogP contribution < -0.4 is 20.7 Å². The smallest absolute Gasteiger partial charge is 0.424 e. The molecule has 13 heteroatoms. The third-order valence-electron chi connectivity index (χ3n) is 9.55. The fraction of sp³-hybridized carbons (Fsp3) is 0.583. The summed E-state index contributed by atoms with van der Waals surface area (Å²) in [6.07, 6.45) is -0.170. The number of likely N-dealkylation sites (tertiary alicyclic amines) is 1. The fourth-order valence-corrected chi connectivity index (χ4v) is 7.16. The lowest BCUT2D eigenvalue weighted by atomic mass is 9.83. The number of hydrogen-bond donors (Lipinski definition) is 3. The predicted molar refractivity (Wildman–Crippen MR) is 182 cm³/mol. The van der Waals surface area contributed by atoms with Gasteiger partial charge in [0.15, 0.2) is 6.04 Å². The summed E-state index contributed by atoms with van der Waals surface area (Å²) in [6.45, 7) is 7.17. The van der Waals surface area contributed by atoms with Crippen LogP contribution in [-0.4, -0.2) is 66.1 Å². The van der Waals surface area contributed by atoms with Gasteiger partial charge in [-0.15, -0.1) is 0 Å². The van der Waals surface area contributed by atoms with Gasteiger partial charge in [0.1, 0.15) is 23.4 Å². The first-order valence-electron chi connectivity index (χ1n) is 17.0. The van der Waals surface area contributed by atoms with Crippen molar-refractivity contribution in [3.05, 3.63) is 58.6 Å². The third kappa shape index (κ3) is 9.81. The summed E-state index contributed by atoms with van der Waals surface area (Å²) in [4.78, 5) is 41.8. The van der Waals surface area contributed by atoms with Crippen molar-refractivity contribution in [1.82, 2.24) is 10.6 Å². The highest BCUT2D eigenvalue weighted by molar-refractivity contribution is 6.30. The van der Waals surface area contributed by atoms with E-state index in [2.05, 4.69) is 16.0 Å². The molecule has 1 aliphatic carbocycles. The lowest BCUT2D eigenvalue weighted by Crippen LogP contribution is -2.68. The third-order valence-corrected chi connectivity index (χ3v) is 9.78. The van der Waals surface area contributed by atoms with Gasteiger partial charge in [-0.05, 0) is 94.0 Å². The molecule has 2 unspecified atom stereocenters. The van der Waals surface area contributed by atoms with Gasteiger partial charge in [-0.25, -0.2) is 14.4 Å². The number of alkyl carbamates (subject to hydrolysis) is 1. The number of ether oxygens (including phenoxy) is 2. The van der Waals surface area contributed by atoms with Crippen molar-refractivity contribution in [3.8, 4) is 5.75 Å². The van der Waals surface area contributed by atoms with E-state index in [1.165, 1.54) is 37.4 Å². The Kier molecular flexibility index (Phi) is 12.5. The summed E-state index contributed by atoms with van der Waals surface area (Å²) < 4.78 is 53.0. The number of imide groups is 1. The number of carbonyl (C=O) groups is 3. The van der Waals surface area contributed by atoms with Crippen LogP contribution in [0.1, 0.15) is 83.8 Å². The molecule has 49 heavy (non-hydrogen) atoms. The van der Waals surface area contributed by atoms with Gasteiger partial charge < -0.3 is 25.4 Å². The van der Waals surface area contributed by atoms with Crippen LogP contribution in [0.4, 0.5) is 28.4 Å². The highest BCUT2D eigenvalue weighted by Crippen LogP contribution is 2.35. The zero-order chi connectivity index (χ0) is 36.0. The Balaban J connectivity index is 1.58. The Morgan fingerprint density at radius 3 is 2.20 bits per heavy atom. The van der Waals surface area contributed by atoms with Gasteiger partial charge in [-0.2, -0.15) is 17.7 Å². The van der Waals surface area contributed by atoms with Crippen molar-refractivity contribution in [2.24, 2.45) is 5.92 Å². The van der Waals surface area contributed by atoms with Crippen molar-refractivity contribution < 1.29 is 41.5 Å². The summed E-state index contributed by atoms with van der Waals surface area (Å²) in [5, 5.41) is 8.58. The molecule has 4 atom stereocenters. The van der Waals surface area contributed by atoms with E-state index in [1.54, 1.807) is 32.9 Å². The monoisotopic (exact) mass is 709 g/mol. The summed E-state index contributed by atoms with van der Waals surface area (Å²) in [6, 6.07) is 6.93. The SMILES string of the molecule is COc1ccc(NC(Cc2ccc(Cl)cc2CNC(=O)[N+]2(C(=O)[C@H](NC(=O)OC(C)(C)C)C3CCCCC3)CCC[C@H]2C)C(F)(F)F)cc1. The van der Waals surface area contributed by atoms with E-state index in [0.29, 0.717) is 34.7 Å². The summed E-state index contributed by atoms with van der Waals surface area (Å²) in [7, 11) is 1.47. The molecule has 0 radical (unpaired) electrons. The summed E-state index contributed by atoms with van der Waals surface area (Å²) >= 11 is 6.29. The number of methoxy groups -OCH3 is 1. The molecule has 2 fully saturated rings. The number of anilines is 1. The molecule has 1 saturated heterocycles. The number of alkyl halides is 3. The minimum Gasteiger partial charge on any atom is -0.497 e. The van der Waals surface area contributed by atoms with Crippen LogP contribution in [-0.2, 0) is 22.5 Å². The number of rotatable bonds is 10. The highest BCUT2D eigenvalue weighted by atomic mass is 35.5. The molecule has 9 nitrogen and oxygen atoms in total. The second kappa shape index (κ2) is 16.0. The van der Waals surface area contributed by atoms with E-state index in [4.69, 9.17) is 21.1 Å². The van der Waals surface area contributed by atoms with E-state index in [0.717, 1.165) is 32.1 Å². The number of benzene rings is 2. The lowest BCUT2D eigenvalue weighted by Gasteiger charge is -2.38. The average molecular weight is 710 g/mol. The van der Waals surface area contributed by atoms with E-state index in [-0.39, 0.29) is 30.7 Å². The first kappa shape index (κ1) is 38.3. The Bertz CT molecular complexity index is 1460. The molecule has 3 N–H and O–H groups in total. The van der Waals surface area contributed by atoms with Crippen LogP contribution in [0, 0.1) is 5.92 Å². The molecule has 1 saturated carbocycles. The number of hydrogen-bond acceptors (Lipinski definition) is 6. The molecule has 2 aromatic carbocycles. The summed E-state index contributed by atoms with van der Waals surface area (Å²) in [5.41, 5.74) is 0.234. The highest BCUT2D eigenvalue weighted by Gasteiger charge is 2.56. The zero-order valence-corrected chi connectivity index (χ0v) is 29.7. The molecule has 4 rings (SSSR count). The van der Waals surface area contributed by atoms with Crippen LogP contribution in [0.5, 0.6) is 5.75 Å². The second-order valence-electron chi connectivity index (χ2n) is 14.2. The molecule has 4 amide bonds. The van der Waals surface area contributed by atoms with Crippen molar-refractivity contribution in [3.63, 3.8) is 0 Å². The molecule has 2 aliphatic rings. The van der Waals surface area contributed by atoms with Crippen LogP contribution >= 0.6 is 11.6 Å². The van der Waals surface area contributed by atoms with Gasteiger partial charge in [0, 0.05) is 36.5 Å². The van der Waals surface area contributed by atoms with Gasteiger partial charge in [0.2, 0.25) is 0 Å². The zero-order valence-electron chi connectivity index (χ0n) is 28.9. The largest absolute Gasteiger partial charge is 0.497 e. The number of carbonyl (C=O) groups excluding carboxylic acids is 3. The number of nitrogens with one attached hydrogen (secondary N) is 3. The first-order valence-corrected chi connectivity index (χ1v) is 17.4. The van der Waals surface area contributed by atoms with Crippen LogP contribution in [0.15, 0.2) is 42.5 Å². The van der Waals surface area contributed by atoms with E-state index < -0.39 is 52.8 Å². The van der Waals surface area contributed by atoms with Gasteiger partial charge in [0.05, 0.1) is 13.7 Å². The number of halogens is 4. The normalized spacial score (nSPS) is 21.4. The van der Waals surface area contributed by atoms with Crippen LogP contribution in [0.3, 0.4) is 0 Å². The van der Waals surface area contributed by atoms with Crippen molar-refractivity contribution in [1.29, 1.82) is 0 Å². The van der Waals surface area contributed by atoms with Crippen molar-refractivity contribution >= 4 is 35.3 Å². The Labute approximate surface area is 291 Å². The number of nitrogens with zero attached hydrogens (tertiary/aromatic N) is 1.